The Morgan fingerprint density at radius 3 is 2.53 bits per heavy atom. The highest BCUT2D eigenvalue weighted by molar-refractivity contribution is 5.78. The van der Waals surface area contributed by atoms with Crippen LogP contribution in [0.3, 0.4) is 0 Å². The third kappa shape index (κ3) is 7.02. The second kappa shape index (κ2) is 12.0. The van der Waals surface area contributed by atoms with Crippen LogP contribution < -0.4 is 0 Å². The second-order valence-electron chi connectivity index (χ2n) is 8.96. The van der Waals surface area contributed by atoms with Gasteiger partial charge in [-0.15, -0.1) is 0 Å². The predicted molar refractivity (Wildman–Crippen MR) is 130 cm³/mol. The number of ether oxygens (including phenoxy) is 1. The third-order valence-electron chi connectivity index (χ3n) is 6.21. The van der Waals surface area contributed by atoms with Crippen molar-refractivity contribution in [2.45, 2.75) is 45.4 Å². The van der Waals surface area contributed by atoms with Gasteiger partial charge in [0.1, 0.15) is 17.3 Å². The quantitative estimate of drug-likeness (QED) is 0.402. The van der Waals surface area contributed by atoms with Crippen LogP contribution in [0.2, 0.25) is 0 Å². The fraction of sp³-hybridized carbons (Fsp3) is 0.393. The molecule has 1 aliphatic heterocycles. The van der Waals surface area contributed by atoms with Crippen molar-refractivity contribution in [3.63, 3.8) is 0 Å². The SMILES string of the molecule is Cc1ccc(CN(CCc2ccccc2)C(=O)CN(Cc2ccccc2F)C[C@H]2CCCO2)o1. The summed E-state index contributed by atoms with van der Waals surface area (Å²) in [5.41, 5.74) is 1.77. The summed E-state index contributed by atoms with van der Waals surface area (Å²) in [6, 6.07) is 20.7. The lowest BCUT2D eigenvalue weighted by Gasteiger charge is -2.29. The van der Waals surface area contributed by atoms with Crippen molar-refractivity contribution in [2.75, 3.05) is 26.2 Å². The van der Waals surface area contributed by atoms with Crippen molar-refractivity contribution in [1.82, 2.24) is 9.80 Å². The number of rotatable bonds is 11. The third-order valence-corrected chi connectivity index (χ3v) is 6.21. The average Bonchev–Trinajstić information content (AvgIpc) is 3.50. The molecule has 0 aliphatic carbocycles. The van der Waals surface area contributed by atoms with E-state index in [1.807, 2.05) is 53.1 Å². The fourth-order valence-electron chi connectivity index (χ4n) is 4.38. The van der Waals surface area contributed by atoms with E-state index in [0.29, 0.717) is 31.7 Å². The Bertz CT molecular complexity index is 1050. The maximum atomic E-state index is 14.4. The summed E-state index contributed by atoms with van der Waals surface area (Å²) in [5.74, 6) is 1.34. The molecule has 1 saturated heterocycles. The van der Waals surface area contributed by atoms with E-state index >= 15 is 0 Å². The number of hydrogen-bond acceptors (Lipinski definition) is 4. The summed E-state index contributed by atoms with van der Waals surface area (Å²) >= 11 is 0. The normalized spacial score (nSPS) is 15.7. The fourth-order valence-corrected chi connectivity index (χ4v) is 4.38. The van der Waals surface area contributed by atoms with Gasteiger partial charge in [0, 0.05) is 31.8 Å². The molecule has 2 heterocycles. The summed E-state index contributed by atoms with van der Waals surface area (Å²) in [4.78, 5) is 17.4. The summed E-state index contributed by atoms with van der Waals surface area (Å²) in [6.07, 6.45) is 2.81. The highest BCUT2D eigenvalue weighted by atomic mass is 19.1. The molecule has 180 valence electrons. The monoisotopic (exact) mass is 464 g/mol. The Morgan fingerprint density at radius 2 is 1.82 bits per heavy atom. The largest absolute Gasteiger partial charge is 0.464 e. The summed E-state index contributed by atoms with van der Waals surface area (Å²) in [6.45, 7) is 4.80. The van der Waals surface area contributed by atoms with Crippen LogP contribution in [0.15, 0.2) is 71.1 Å². The predicted octanol–water partition coefficient (Wildman–Crippen LogP) is 4.98. The average molecular weight is 465 g/mol. The van der Waals surface area contributed by atoms with E-state index in [9.17, 15) is 9.18 Å². The zero-order chi connectivity index (χ0) is 23.8. The minimum Gasteiger partial charge on any atom is -0.464 e. The molecule has 1 amide bonds. The standard InChI is InChI=1S/C28H33FN2O3/c1-22-13-14-26(34-22)20-31(16-15-23-8-3-2-4-9-23)28(32)21-30(19-25-11-7-17-33-25)18-24-10-5-6-12-27(24)29/h2-6,8-10,12-14,25H,7,11,15-21H2,1H3/t25-/m1/s1. The number of carbonyl (C=O) groups is 1. The van der Waals surface area contributed by atoms with Gasteiger partial charge in [-0.05, 0) is 49.9 Å². The van der Waals surface area contributed by atoms with Crippen LogP contribution in [-0.4, -0.2) is 48.1 Å². The van der Waals surface area contributed by atoms with Crippen molar-refractivity contribution in [2.24, 2.45) is 0 Å². The summed E-state index contributed by atoms with van der Waals surface area (Å²) in [5, 5.41) is 0. The van der Waals surface area contributed by atoms with E-state index in [0.717, 1.165) is 37.4 Å². The first-order valence-corrected chi connectivity index (χ1v) is 12.0. The number of aryl methyl sites for hydroxylation is 1. The molecule has 5 nitrogen and oxygen atoms in total. The van der Waals surface area contributed by atoms with Gasteiger partial charge in [0.25, 0.3) is 0 Å². The van der Waals surface area contributed by atoms with Crippen LogP contribution in [0.5, 0.6) is 0 Å². The van der Waals surface area contributed by atoms with E-state index in [1.165, 1.54) is 11.6 Å². The van der Waals surface area contributed by atoms with Crippen LogP contribution in [0.25, 0.3) is 0 Å². The number of nitrogens with zero attached hydrogens (tertiary/aromatic N) is 2. The molecule has 4 rings (SSSR count). The molecule has 0 spiro atoms. The first-order chi connectivity index (χ1) is 16.6. The molecule has 0 saturated carbocycles. The molecular formula is C28H33FN2O3. The van der Waals surface area contributed by atoms with E-state index in [2.05, 4.69) is 12.1 Å². The van der Waals surface area contributed by atoms with Gasteiger partial charge in [-0.2, -0.15) is 0 Å². The van der Waals surface area contributed by atoms with Crippen LogP contribution in [0, 0.1) is 12.7 Å². The molecule has 1 aliphatic rings. The lowest BCUT2D eigenvalue weighted by atomic mass is 10.1. The molecular weight excluding hydrogens is 431 g/mol. The van der Waals surface area contributed by atoms with Gasteiger partial charge in [-0.25, -0.2) is 4.39 Å². The Labute approximate surface area is 201 Å². The van der Waals surface area contributed by atoms with Gasteiger partial charge >= 0.3 is 0 Å². The molecule has 0 bridgehead atoms. The van der Waals surface area contributed by atoms with Gasteiger partial charge in [0.05, 0.1) is 19.2 Å². The molecule has 0 unspecified atom stereocenters. The van der Waals surface area contributed by atoms with E-state index in [4.69, 9.17) is 9.15 Å². The van der Waals surface area contributed by atoms with Gasteiger partial charge in [0.2, 0.25) is 5.91 Å². The number of amides is 1. The lowest BCUT2D eigenvalue weighted by molar-refractivity contribution is -0.133. The van der Waals surface area contributed by atoms with Crippen LogP contribution in [-0.2, 0) is 29.0 Å². The first kappa shape index (κ1) is 24.2. The lowest BCUT2D eigenvalue weighted by Crippen LogP contribution is -2.43. The molecule has 0 radical (unpaired) electrons. The Hall–Kier alpha value is -2.96. The van der Waals surface area contributed by atoms with Gasteiger partial charge in [0.15, 0.2) is 0 Å². The zero-order valence-electron chi connectivity index (χ0n) is 19.8. The van der Waals surface area contributed by atoms with Crippen molar-refractivity contribution >= 4 is 5.91 Å². The number of carbonyl (C=O) groups excluding carboxylic acids is 1. The van der Waals surface area contributed by atoms with Crippen molar-refractivity contribution in [3.05, 3.63) is 95.2 Å². The minimum atomic E-state index is -0.251. The van der Waals surface area contributed by atoms with E-state index in [1.54, 1.807) is 12.1 Å². The Kier molecular flexibility index (Phi) is 8.50. The highest BCUT2D eigenvalue weighted by Gasteiger charge is 2.24. The molecule has 1 atom stereocenters. The number of furan rings is 1. The minimum absolute atomic E-state index is 0.000629. The number of halogens is 1. The maximum absolute atomic E-state index is 14.4. The molecule has 0 N–H and O–H groups in total. The number of benzene rings is 2. The molecule has 34 heavy (non-hydrogen) atoms. The first-order valence-electron chi connectivity index (χ1n) is 12.0. The van der Waals surface area contributed by atoms with E-state index in [-0.39, 0.29) is 24.4 Å². The summed E-state index contributed by atoms with van der Waals surface area (Å²) < 4.78 is 26.0. The van der Waals surface area contributed by atoms with Gasteiger partial charge < -0.3 is 14.1 Å². The van der Waals surface area contributed by atoms with Gasteiger partial charge in [-0.1, -0.05) is 48.5 Å². The molecule has 6 heteroatoms. The Morgan fingerprint density at radius 1 is 1.03 bits per heavy atom. The highest BCUT2D eigenvalue weighted by Crippen LogP contribution is 2.18. The van der Waals surface area contributed by atoms with Crippen molar-refractivity contribution < 1.29 is 18.3 Å². The second-order valence-corrected chi connectivity index (χ2v) is 8.96. The topological polar surface area (TPSA) is 45.9 Å². The van der Waals surface area contributed by atoms with Crippen molar-refractivity contribution in [3.8, 4) is 0 Å². The molecule has 3 aromatic rings. The van der Waals surface area contributed by atoms with Crippen molar-refractivity contribution in [1.29, 1.82) is 0 Å². The smallest absolute Gasteiger partial charge is 0.237 e. The molecule has 1 fully saturated rings. The van der Waals surface area contributed by atoms with Crippen LogP contribution in [0.1, 0.15) is 35.5 Å². The maximum Gasteiger partial charge on any atom is 0.237 e. The summed E-state index contributed by atoms with van der Waals surface area (Å²) in [7, 11) is 0. The number of hydrogen-bond donors (Lipinski definition) is 0. The van der Waals surface area contributed by atoms with Gasteiger partial charge in [-0.3, -0.25) is 9.69 Å². The zero-order valence-corrected chi connectivity index (χ0v) is 19.8. The van der Waals surface area contributed by atoms with Crippen LogP contribution >= 0.6 is 0 Å². The van der Waals surface area contributed by atoms with E-state index < -0.39 is 0 Å². The molecule has 2 aromatic carbocycles. The molecule has 1 aromatic heterocycles. The van der Waals surface area contributed by atoms with Crippen LogP contribution in [0.4, 0.5) is 4.39 Å². The Balaban J connectivity index is 1.48.